The van der Waals surface area contributed by atoms with Gasteiger partial charge in [0, 0.05) is 24.2 Å². The predicted molar refractivity (Wildman–Crippen MR) is 197 cm³/mol. The van der Waals surface area contributed by atoms with Crippen LogP contribution in [-0.4, -0.2) is 88.0 Å². The van der Waals surface area contributed by atoms with Gasteiger partial charge in [0.25, 0.3) is 0 Å². The predicted octanol–water partition coefficient (Wildman–Crippen LogP) is 5.41. The molecule has 2 N–H and O–H groups in total. The summed E-state index contributed by atoms with van der Waals surface area (Å²) in [7, 11) is -5.88. The molecular weight excluding hydrogens is 701 g/mol. The minimum Gasteiger partial charge on any atom is -0.345 e. The zero-order valence-corrected chi connectivity index (χ0v) is 31.7. The summed E-state index contributed by atoms with van der Waals surface area (Å²) in [6, 6.07) is 3.97. The third-order valence-electron chi connectivity index (χ3n) is 12.2. The normalized spacial score (nSPS) is 26.1. The lowest BCUT2D eigenvalue weighted by atomic mass is 9.81. The molecule has 6 aromatic rings. The minimum atomic E-state index is -2.94. The smallest absolute Gasteiger partial charge is 0.179 e. The summed E-state index contributed by atoms with van der Waals surface area (Å²) in [6.45, 7) is 8.88. The molecule has 0 bridgehead atoms. The van der Waals surface area contributed by atoms with Crippen LogP contribution in [0.1, 0.15) is 103 Å². The molecule has 16 heteroatoms. The summed E-state index contributed by atoms with van der Waals surface area (Å²) in [5.74, 6) is 3.21. The highest BCUT2D eigenvalue weighted by Crippen LogP contribution is 2.53. The van der Waals surface area contributed by atoms with Crippen LogP contribution < -0.4 is 0 Å². The fourth-order valence-corrected chi connectivity index (χ4v) is 13.5. The van der Waals surface area contributed by atoms with Crippen LogP contribution in [-0.2, 0) is 19.7 Å². The Labute approximate surface area is 302 Å². The Morgan fingerprint density at radius 1 is 0.654 bits per heavy atom. The Hall–Kier alpha value is -3.92. The van der Waals surface area contributed by atoms with Crippen molar-refractivity contribution in [3.63, 3.8) is 0 Å². The Morgan fingerprint density at radius 3 is 1.44 bits per heavy atom. The molecule has 6 aromatic heterocycles. The van der Waals surface area contributed by atoms with Gasteiger partial charge in [-0.2, -0.15) is 0 Å². The lowest BCUT2D eigenvalue weighted by molar-refractivity contribution is 0.315. The van der Waals surface area contributed by atoms with Gasteiger partial charge in [-0.3, -0.25) is 8.80 Å². The van der Waals surface area contributed by atoms with E-state index in [1.165, 1.54) is 0 Å². The first-order chi connectivity index (χ1) is 24.7. The molecule has 0 radical (unpaired) electrons. The summed E-state index contributed by atoms with van der Waals surface area (Å²) in [5, 5.41) is 17.5. The van der Waals surface area contributed by atoms with Crippen LogP contribution in [0.3, 0.4) is 0 Å². The first-order valence-corrected chi connectivity index (χ1v) is 21.9. The molecule has 0 spiro atoms. The molecule has 0 aliphatic heterocycles. The number of aromatic amines is 2. The number of fused-ring (bicyclic) bond motifs is 6. The SMILES string of the molecule is CC1(C)C[C@@H](CS(=O)(=O)C2CC2)C[C@H]1c1nnc2cnc3[nH]ccc3n12.CC1(C)C[C@H](CS(=O)(=O)C2CC2)C[C@@H]1c1nnc2cnc3[nH]ccc3n12. The number of aromatic nitrogens is 10. The summed E-state index contributed by atoms with van der Waals surface area (Å²) in [6.07, 6.45) is 14.0. The maximum atomic E-state index is 12.5. The van der Waals surface area contributed by atoms with Crippen molar-refractivity contribution in [2.45, 2.75) is 101 Å². The second-order valence-electron chi connectivity index (χ2n) is 17.2. The maximum Gasteiger partial charge on any atom is 0.179 e. The van der Waals surface area contributed by atoms with Gasteiger partial charge < -0.3 is 9.97 Å². The molecule has 4 fully saturated rings. The number of rotatable bonds is 8. The van der Waals surface area contributed by atoms with Gasteiger partial charge in [0.05, 0.1) is 45.4 Å². The van der Waals surface area contributed by atoms with E-state index in [0.717, 1.165) is 96.6 Å². The Bertz CT molecular complexity index is 2360. The number of sulfone groups is 2. The van der Waals surface area contributed by atoms with Crippen molar-refractivity contribution in [1.82, 2.24) is 49.1 Å². The third-order valence-corrected chi connectivity index (χ3v) is 17.1. The molecule has 52 heavy (non-hydrogen) atoms. The number of nitrogens with one attached hydrogen (secondary N) is 2. The molecule has 4 aliphatic carbocycles. The molecule has 6 heterocycles. The number of hydrogen-bond acceptors (Lipinski definition) is 10. The van der Waals surface area contributed by atoms with Gasteiger partial charge >= 0.3 is 0 Å². The Morgan fingerprint density at radius 2 is 1.06 bits per heavy atom. The third kappa shape index (κ3) is 5.89. The Balaban J connectivity index is 0.000000138. The average Bonchev–Trinajstić information content (AvgIpc) is 3.80. The molecule has 4 aliphatic rings. The largest absolute Gasteiger partial charge is 0.345 e. The van der Waals surface area contributed by atoms with Crippen molar-refractivity contribution in [1.29, 1.82) is 0 Å². The molecule has 0 unspecified atom stereocenters. The highest BCUT2D eigenvalue weighted by molar-refractivity contribution is 7.92. The van der Waals surface area contributed by atoms with E-state index in [2.05, 4.69) is 76.8 Å². The summed E-state index contributed by atoms with van der Waals surface area (Å²) < 4.78 is 54.0. The van der Waals surface area contributed by atoms with Crippen LogP contribution in [0, 0.1) is 22.7 Å². The highest BCUT2D eigenvalue weighted by atomic mass is 32.2. The fourth-order valence-electron chi connectivity index (χ4n) is 9.44. The van der Waals surface area contributed by atoms with E-state index in [4.69, 9.17) is 0 Å². The van der Waals surface area contributed by atoms with Crippen molar-refractivity contribution in [2.75, 3.05) is 11.5 Å². The van der Waals surface area contributed by atoms with Crippen molar-refractivity contribution < 1.29 is 16.8 Å². The Kier molecular flexibility index (Phi) is 7.68. The number of hydrogen-bond donors (Lipinski definition) is 2. The van der Waals surface area contributed by atoms with Gasteiger partial charge in [0.1, 0.15) is 11.6 Å². The second-order valence-corrected chi connectivity index (χ2v) is 21.8. The van der Waals surface area contributed by atoms with E-state index in [1.807, 2.05) is 24.5 Å². The van der Waals surface area contributed by atoms with E-state index in [9.17, 15) is 16.8 Å². The molecule has 0 aromatic carbocycles. The van der Waals surface area contributed by atoms with Crippen LogP contribution in [0.15, 0.2) is 36.9 Å². The van der Waals surface area contributed by atoms with Gasteiger partial charge in [0.15, 0.2) is 42.3 Å². The van der Waals surface area contributed by atoms with Crippen molar-refractivity contribution >= 4 is 53.3 Å². The van der Waals surface area contributed by atoms with Gasteiger partial charge in [-0.1, -0.05) is 27.7 Å². The van der Waals surface area contributed by atoms with Crippen molar-refractivity contribution in [3.8, 4) is 0 Å². The molecule has 10 rings (SSSR count). The van der Waals surface area contributed by atoms with E-state index < -0.39 is 19.7 Å². The molecule has 0 saturated heterocycles. The molecule has 14 nitrogen and oxygen atoms in total. The summed E-state index contributed by atoms with van der Waals surface area (Å²) >= 11 is 0. The first kappa shape index (κ1) is 33.9. The van der Waals surface area contributed by atoms with Gasteiger partial charge in [-0.05, 0) is 86.2 Å². The minimum absolute atomic E-state index is 0.0153. The number of H-pyrrole nitrogens is 2. The van der Waals surface area contributed by atoms with Crippen LogP contribution in [0.5, 0.6) is 0 Å². The van der Waals surface area contributed by atoms with Gasteiger partial charge in [-0.15, -0.1) is 20.4 Å². The molecule has 0 amide bonds. The molecule has 4 saturated carbocycles. The molecule has 276 valence electrons. The van der Waals surface area contributed by atoms with Gasteiger partial charge in [-0.25, -0.2) is 26.8 Å². The summed E-state index contributed by atoms with van der Waals surface area (Å²) in [5.41, 5.74) is 4.98. The lowest BCUT2D eigenvalue weighted by Gasteiger charge is -2.25. The fraction of sp³-hybridized carbons (Fsp3) is 0.611. The van der Waals surface area contributed by atoms with Crippen LogP contribution in [0.4, 0.5) is 0 Å². The van der Waals surface area contributed by atoms with E-state index >= 15 is 0 Å². The maximum absolute atomic E-state index is 12.5. The topological polar surface area (TPSA) is 186 Å². The van der Waals surface area contributed by atoms with Crippen LogP contribution in [0.25, 0.3) is 33.6 Å². The molecular formula is C36H46N10O4S2. The van der Waals surface area contributed by atoms with E-state index in [-0.39, 0.29) is 45.0 Å². The van der Waals surface area contributed by atoms with Gasteiger partial charge in [0.2, 0.25) is 0 Å². The van der Waals surface area contributed by atoms with Crippen molar-refractivity contribution in [3.05, 3.63) is 48.6 Å². The summed E-state index contributed by atoms with van der Waals surface area (Å²) in [4.78, 5) is 15.0. The standard InChI is InChI=1S/2C18H23N5O2S/c2*1-18(2)8-11(10-26(24,25)12-3-4-12)7-13(18)17-22-21-15-9-20-16-14(23(15)17)5-6-19-16/h2*5-6,9,11-13,19H,3-4,7-8,10H2,1-2H3/t2*11-,13-/m10/s1. The van der Waals surface area contributed by atoms with Crippen molar-refractivity contribution in [2.24, 2.45) is 22.7 Å². The zero-order chi connectivity index (χ0) is 36.2. The first-order valence-electron chi connectivity index (χ1n) is 18.5. The number of nitrogens with zero attached hydrogens (tertiary/aromatic N) is 8. The zero-order valence-electron chi connectivity index (χ0n) is 30.0. The lowest BCUT2D eigenvalue weighted by Crippen LogP contribution is -2.19. The van der Waals surface area contributed by atoms with Crippen LogP contribution >= 0.6 is 0 Å². The van der Waals surface area contributed by atoms with Crippen LogP contribution in [0.2, 0.25) is 0 Å². The van der Waals surface area contributed by atoms with E-state index in [0.29, 0.717) is 11.5 Å². The molecule has 4 atom stereocenters. The monoisotopic (exact) mass is 746 g/mol. The second kappa shape index (κ2) is 11.8. The highest BCUT2D eigenvalue weighted by Gasteiger charge is 2.48. The quantitative estimate of drug-likeness (QED) is 0.204. The average molecular weight is 747 g/mol. The van der Waals surface area contributed by atoms with E-state index in [1.54, 1.807) is 12.4 Å².